The Balaban J connectivity index is 2.99. The van der Waals surface area contributed by atoms with Crippen molar-refractivity contribution in [1.29, 1.82) is 0 Å². The Morgan fingerprint density at radius 3 is 2.42 bits per heavy atom. The smallest absolute Gasteiger partial charge is 0.193 e. The summed E-state index contributed by atoms with van der Waals surface area (Å²) in [7, 11) is 3.45. The van der Waals surface area contributed by atoms with Crippen LogP contribution in [0.3, 0.4) is 0 Å². The maximum Gasteiger partial charge on any atom is 0.193 e. The molecule has 132 valence electrons. The molecule has 6 heteroatoms. The zero-order valence-corrected chi connectivity index (χ0v) is 15.3. The second-order valence-electron chi connectivity index (χ2n) is 5.17. The third kappa shape index (κ3) is 6.00. The topological polar surface area (TPSA) is 65.3 Å². The Labute approximate surface area is 148 Å². The maximum atomic E-state index is 9.63. The van der Waals surface area contributed by atoms with Gasteiger partial charge in [-0.3, -0.25) is 0 Å². The van der Waals surface area contributed by atoms with Crippen molar-refractivity contribution in [3.05, 3.63) is 47.1 Å². The molecule has 0 aliphatic heterocycles. The van der Waals surface area contributed by atoms with Gasteiger partial charge in [-0.25, -0.2) is 4.99 Å². The number of aliphatic hydroxyl groups is 2. The number of nitrogens with zero attached hydrogens (tertiary/aromatic N) is 2. The molecule has 0 aliphatic rings. The monoisotopic (exact) mass is 352 g/mol. The van der Waals surface area contributed by atoms with Gasteiger partial charge >= 0.3 is 0 Å². The lowest BCUT2D eigenvalue weighted by atomic mass is 10.2. The number of halogens is 1. The number of hydrogen-bond donors (Lipinski definition) is 2. The van der Waals surface area contributed by atoms with E-state index in [0.717, 1.165) is 17.9 Å². The Kier molecular flexibility index (Phi) is 8.54. The molecule has 0 saturated heterocycles. The van der Waals surface area contributed by atoms with Crippen LogP contribution >= 0.6 is 11.6 Å². The normalized spacial score (nSPS) is 13.4. The van der Waals surface area contributed by atoms with Crippen LogP contribution < -0.4 is 9.64 Å². The summed E-state index contributed by atoms with van der Waals surface area (Å²) in [4.78, 5) is 6.19. The minimum atomic E-state index is -1.66. The number of allylic oxidation sites excluding steroid dienone is 3. The minimum Gasteiger partial charge on any atom is -0.497 e. The zero-order valence-electron chi connectivity index (χ0n) is 14.5. The van der Waals surface area contributed by atoms with E-state index in [0.29, 0.717) is 10.7 Å². The first-order valence-electron chi connectivity index (χ1n) is 7.74. The summed E-state index contributed by atoms with van der Waals surface area (Å²) in [5, 5.41) is 19.8. The third-order valence-electron chi connectivity index (χ3n) is 3.38. The van der Waals surface area contributed by atoms with Crippen LogP contribution in [0.1, 0.15) is 20.3 Å². The van der Waals surface area contributed by atoms with Crippen LogP contribution in [0.2, 0.25) is 0 Å². The number of aliphatic hydroxyl groups excluding tert-OH is 1. The summed E-state index contributed by atoms with van der Waals surface area (Å²) in [6.07, 6.45) is 2.68. The third-order valence-corrected chi connectivity index (χ3v) is 3.72. The number of ether oxygens (including phenoxy) is 1. The first-order valence-corrected chi connectivity index (χ1v) is 8.11. The fraction of sp³-hybridized carbons (Fsp3) is 0.389. The molecule has 1 aromatic carbocycles. The van der Waals surface area contributed by atoms with E-state index in [2.05, 4.69) is 4.99 Å². The summed E-state index contributed by atoms with van der Waals surface area (Å²) in [6, 6.07) is 7.47. The van der Waals surface area contributed by atoms with Crippen molar-refractivity contribution in [3.8, 4) is 5.75 Å². The van der Waals surface area contributed by atoms with Crippen molar-refractivity contribution in [1.82, 2.24) is 0 Å². The van der Waals surface area contributed by atoms with Crippen LogP contribution in [0.15, 0.2) is 52.1 Å². The number of hydrogen-bond acceptors (Lipinski definition) is 5. The van der Waals surface area contributed by atoms with Gasteiger partial charge in [-0.05, 0) is 37.6 Å². The number of anilines is 1. The summed E-state index contributed by atoms with van der Waals surface area (Å²) in [5.74, 6) is 0.760. The van der Waals surface area contributed by atoms with Crippen LogP contribution in [0.25, 0.3) is 0 Å². The maximum absolute atomic E-state index is 9.63. The minimum absolute atomic E-state index is 0.212. The van der Waals surface area contributed by atoms with E-state index < -0.39 is 6.29 Å². The summed E-state index contributed by atoms with van der Waals surface area (Å²) < 4.78 is 5.13. The van der Waals surface area contributed by atoms with Crippen molar-refractivity contribution < 1.29 is 14.9 Å². The van der Waals surface area contributed by atoms with E-state index in [-0.39, 0.29) is 12.3 Å². The van der Waals surface area contributed by atoms with E-state index >= 15 is 0 Å². The van der Waals surface area contributed by atoms with Gasteiger partial charge in [0.2, 0.25) is 0 Å². The first-order chi connectivity index (χ1) is 11.4. The molecule has 24 heavy (non-hydrogen) atoms. The molecule has 0 saturated carbocycles. The molecule has 5 nitrogen and oxygen atoms in total. The van der Waals surface area contributed by atoms with E-state index in [9.17, 15) is 10.2 Å². The summed E-state index contributed by atoms with van der Waals surface area (Å²) in [6.45, 7) is 4.02. The van der Waals surface area contributed by atoms with Crippen molar-refractivity contribution in [2.24, 2.45) is 4.99 Å². The molecule has 0 unspecified atom stereocenters. The molecule has 0 radical (unpaired) electrons. The largest absolute Gasteiger partial charge is 0.497 e. The molecule has 0 bridgehead atoms. The van der Waals surface area contributed by atoms with Crippen LogP contribution in [-0.4, -0.2) is 42.9 Å². The standard InChI is InChI=1S/C18H25ClN2O3/c1-5-7-15(19)16(6-2)20-17(18(22)23)12-21(3)13-8-10-14(24-4)11-9-13/h6-11,18,22-23H,5,12H2,1-4H3/b15-7+,16-6+,20-17?. The molecule has 0 aromatic heterocycles. The lowest BCUT2D eigenvalue weighted by Gasteiger charge is -2.21. The SMILES string of the molecule is C/C=C(N=C(CN(C)c1ccc(OC)cc1)C(O)O)\C(Cl)=C/CC. The number of aliphatic imine (C=N–C) groups is 1. The second kappa shape index (κ2) is 10.1. The van der Waals surface area contributed by atoms with Crippen LogP contribution in [0.5, 0.6) is 5.75 Å². The first kappa shape index (κ1) is 20.2. The average molecular weight is 353 g/mol. The zero-order chi connectivity index (χ0) is 18.1. The van der Waals surface area contributed by atoms with E-state index in [1.165, 1.54) is 0 Å². The Morgan fingerprint density at radius 1 is 1.33 bits per heavy atom. The molecular weight excluding hydrogens is 328 g/mol. The Bertz CT molecular complexity index is 607. The molecule has 0 spiro atoms. The lowest BCUT2D eigenvalue weighted by molar-refractivity contribution is 0.0187. The van der Waals surface area contributed by atoms with Crippen LogP contribution in [0.4, 0.5) is 5.69 Å². The van der Waals surface area contributed by atoms with Crippen LogP contribution in [0, 0.1) is 0 Å². The van der Waals surface area contributed by atoms with Crippen molar-refractivity contribution in [3.63, 3.8) is 0 Å². The van der Waals surface area contributed by atoms with E-state index in [1.54, 1.807) is 20.1 Å². The van der Waals surface area contributed by atoms with Crippen molar-refractivity contribution in [2.75, 3.05) is 25.6 Å². The fourth-order valence-corrected chi connectivity index (χ4v) is 2.35. The molecule has 0 fully saturated rings. The van der Waals surface area contributed by atoms with Gasteiger partial charge in [0.1, 0.15) is 5.75 Å². The molecule has 0 heterocycles. The lowest BCUT2D eigenvalue weighted by Crippen LogP contribution is -2.33. The van der Waals surface area contributed by atoms with Gasteiger partial charge in [-0.15, -0.1) is 0 Å². The average Bonchev–Trinajstić information content (AvgIpc) is 2.58. The highest BCUT2D eigenvalue weighted by Crippen LogP contribution is 2.20. The summed E-state index contributed by atoms with van der Waals surface area (Å²) >= 11 is 6.18. The van der Waals surface area contributed by atoms with Gasteiger partial charge < -0.3 is 19.8 Å². The quantitative estimate of drug-likeness (QED) is 0.428. The fourth-order valence-electron chi connectivity index (χ4n) is 2.04. The molecule has 1 rings (SSSR count). The number of methoxy groups -OCH3 is 1. The predicted molar refractivity (Wildman–Crippen MR) is 99.9 cm³/mol. The summed E-state index contributed by atoms with van der Waals surface area (Å²) in [5.41, 5.74) is 1.63. The van der Waals surface area contributed by atoms with E-state index in [4.69, 9.17) is 16.3 Å². The number of benzene rings is 1. The Morgan fingerprint density at radius 2 is 1.96 bits per heavy atom. The van der Waals surface area contributed by atoms with Crippen LogP contribution in [-0.2, 0) is 0 Å². The van der Waals surface area contributed by atoms with Gasteiger partial charge in [0.05, 0.1) is 30.1 Å². The number of rotatable bonds is 8. The van der Waals surface area contributed by atoms with Gasteiger partial charge in [-0.1, -0.05) is 30.7 Å². The predicted octanol–water partition coefficient (Wildman–Crippen LogP) is 3.32. The molecule has 1 aromatic rings. The van der Waals surface area contributed by atoms with Crippen molar-refractivity contribution >= 4 is 23.0 Å². The molecule has 0 amide bonds. The highest BCUT2D eigenvalue weighted by Gasteiger charge is 2.14. The van der Waals surface area contributed by atoms with Gasteiger partial charge in [0, 0.05) is 12.7 Å². The molecule has 2 N–H and O–H groups in total. The van der Waals surface area contributed by atoms with Gasteiger partial charge in [0.15, 0.2) is 6.29 Å². The second-order valence-corrected chi connectivity index (χ2v) is 5.57. The molecule has 0 atom stereocenters. The van der Waals surface area contributed by atoms with Gasteiger partial charge in [0.25, 0.3) is 0 Å². The van der Waals surface area contributed by atoms with E-state index in [1.807, 2.05) is 49.2 Å². The van der Waals surface area contributed by atoms with Crippen molar-refractivity contribution in [2.45, 2.75) is 26.6 Å². The highest BCUT2D eigenvalue weighted by atomic mass is 35.5. The van der Waals surface area contributed by atoms with Gasteiger partial charge in [-0.2, -0.15) is 0 Å². The highest BCUT2D eigenvalue weighted by molar-refractivity contribution is 6.32. The molecular formula is C18H25ClN2O3. The molecule has 0 aliphatic carbocycles. The Hall–Kier alpha value is -1.82.